The number of likely N-dealkylation sites (tertiary alicyclic amines) is 1. The molecule has 3 nitrogen and oxygen atoms in total. The largest absolute Gasteiger partial charge is 0.368 e. The van der Waals surface area contributed by atoms with Gasteiger partial charge in [-0.05, 0) is 60.5 Å². The molecule has 2 heterocycles. The predicted octanol–water partition coefficient (Wildman–Crippen LogP) is 2.02. The lowest BCUT2D eigenvalue weighted by Gasteiger charge is -2.41. The Morgan fingerprint density at radius 2 is 1.94 bits per heavy atom. The van der Waals surface area contributed by atoms with Gasteiger partial charge in [-0.15, -0.1) is 0 Å². The van der Waals surface area contributed by atoms with Crippen LogP contribution in [0.4, 0.5) is 0 Å². The van der Waals surface area contributed by atoms with Crippen LogP contribution >= 0.6 is 0 Å². The topological polar surface area (TPSA) is 24.5 Å². The molecule has 2 saturated heterocycles. The van der Waals surface area contributed by atoms with Crippen molar-refractivity contribution in [2.75, 3.05) is 20.1 Å². The molecular formula is C14H28N2O. The fourth-order valence-corrected chi connectivity index (χ4v) is 3.63. The summed E-state index contributed by atoms with van der Waals surface area (Å²) in [5.74, 6) is 0. The molecule has 2 rings (SSSR count). The first-order valence-corrected chi connectivity index (χ1v) is 6.95. The second-order valence-corrected chi connectivity index (χ2v) is 6.81. The van der Waals surface area contributed by atoms with Crippen molar-refractivity contribution >= 4 is 0 Å². The number of nitrogens with zero attached hydrogens (tertiary/aromatic N) is 1. The lowest BCUT2D eigenvalue weighted by Crippen LogP contribution is -2.53. The van der Waals surface area contributed by atoms with Gasteiger partial charge in [-0.2, -0.15) is 0 Å². The number of rotatable bonds is 2. The SMILES string of the molecule is CNC1CCCN(C2CC(C)(C)OC2(C)C)C1. The minimum absolute atomic E-state index is 0.0148. The van der Waals surface area contributed by atoms with Gasteiger partial charge in [-0.25, -0.2) is 0 Å². The lowest BCUT2D eigenvalue weighted by atomic mass is 9.90. The van der Waals surface area contributed by atoms with E-state index in [0.29, 0.717) is 12.1 Å². The van der Waals surface area contributed by atoms with E-state index in [9.17, 15) is 0 Å². The average Bonchev–Trinajstić information content (AvgIpc) is 2.47. The van der Waals surface area contributed by atoms with Crippen LogP contribution in [0.2, 0.25) is 0 Å². The molecule has 0 saturated carbocycles. The second kappa shape index (κ2) is 4.52. The van der Waals surface area contributed by atoms with Crippen molar-refractivity contribution in [3.8, 4) is 0 Å². The van der Waals surface area contributed by atoms with Crippen LogP contribution in [-0.4, -0.2) is 48.3 Å². The Labute approximate surface area is 106 Å². The Morgan fingerprint density at radius 1 is 1.24 bits per heavy atom. The molecule has 0 aromatic carbocycles. The molecule has 0 aliphatic carbocycles. The van der Waals surface area contributed by atoms with E-state index >= 15 is 0 Å². The quantitative estimate of drug-likeness (QED) is 0.799. The van der Waals surface area contributed by atoms with Crippen LogP contribution in [0.15, 0.2) is 0 Å². The molecule has 0 bridgehead atoms. The number of piperidine rings is 1. The Bertz CT molecular complexity index is 275. The summed E-state index contributed by atoms with van der Waals surface area (Å²) in [6.45, 7) is 11.3. The van der Waals surface area contributed by atoms with Gasteiger partial charge in [0.25, 0.3) is 0 Å². The molecule has 0 radical (unpaired) electrons. The van der Waals surface area contributed by atoms with Crippen LogP contribution in [0.5, 0.6) is 0 Å². The summed E-state index contributed by atoms with van der Waals surface area (Å²) in [7, 11) is 2.08. The van der Waals surface area contributed by atoms with Gasteiger partial charge in [0, 0.05) is 18.6 Å². The normalized spacial score (nSPS) is 37.2. The summed E-state index contributed by atoms with van der Waals surface area (Å²) >= 11 is 0. The zero-order chi connectivity index (χ0) is 12.7. The smallest absolute Gasteiger partial charge is 0.0789 e. The maximum absolute atomic E-state index is 6.21. The van der Waals surface area contributed by atoms with Crippen LogP contribution in [0.3, 0.4) is 0 Å². The van der Waals surface area contributed by atoms with Crippen LogP contribution in [-0.2, 0) is 4.74 Å². The molecule has 100 valence electrons. The van der Waals surface area contributed by atoms with E-state index in [0.717, 1.165) is 6.42 Å². The summed E-state index contributed by atoms with van der Waals surface area (Å²) in [5.41, 5.74) is 0.0138. The summed E-state index contributed by atoms with van der Waals surface area (Å²) in [4.78, 5) is 2.64. The minimum Gasteiger partial charge on any atom is -0.368 e. The molecule has 2 aliphatic heterocycles. The molecule has 1 N–H and O–H groups in total. The highest BCUT2D eigenvalue weighted by molar-refractivity contribution is 5.01. The van der Waals surface area contributed by atoms with Gasteiger partial charge in [0.05, 0.1) is 11.2 Å². The predicted molar refractivity (Wildman–Crippen MR) is 71.3 cm³/mol. The summed E-state index contributed by atoms with van der Waals surface area (Å²) < 4.78 is 6.21. The zero-order valence-electron chi connectivity index (χ0n) is 12.0. The molecule has 0 aromatic rings. The van der Waals surface area contributed by atoms with Crippen LogP contribution < -0.4 is 5.32 Å². The molecule has 2 unspecified atom stereocenters. The number of hydrogen-bond donors (Lipinski definition) is 1. The van der Waals surface area contributed by atoms with E-state index in [1.807, 2.05) is 0 Å². The maximum Gasteiger partial charge on any atom is 0.0789 e. The number of likely N-dealkylation sites (N-methyl/N-ethyl adjacent to an activating group) is 1. The van der Waals surface area contributed by atoms with Gasteiger partial charge in [-0.3, -0.25) is 4.90 Å². The molecule has 3 heteroatoms. The molecule has 0 aromatic heterocycles. The second-order valence-electron chi connectivity index (χ2n) is 6.81. The molecule has 2 fully saturated rings. The van der Waals surface area contributed by atoms with Gasteiger partial charge in [0.15, 0.2) is 0 Å². The van der Waals surface area contributed by atoms with Crippen LogP contribution in [0, 0.1) is 0 Å². The van der Waals surface area contributed by atoms with E-state index in [1.54, 1.807) is 0 Å². The summed E-state index contributed by atoms with van der Waals surface area (Å²) in [6.07, 6.45) is 3.76. The number of hydrogen-bond acceptors (Lipinski definition) is 3. The van der Waals surface area contributed by atoms with Gasteiger partial charge < -0.3 is 10.1 Å². The lowest BCUT2D eigenvalue weighted by molar-refractivity contribution is -0.0825. The van der Waals surface area contributed by atoms with Crippen molar-refractivity contribution in [2.45, 2.75) is 70.2 Å². The fourth-order valence-electron chi connectivity index (χ4n) is 3.63. The summed E-state index contributed by atoms with van der Waals surface area (Å²) in [6, 6.07) is 1.22. The highest BCUT2D eigenvalue weighted by Gasteiger charge is 2.48. The van der Waals surface area contributed by atoms with Crippen LogP contribution in [0.25, 0.3) is 0 Å². The average molecular weight is 240 g/mol. The zero-order valence-corrected chi connectivity index (χ0v) is 12.0. The number of ether oxygens (including phenoxy) is 1. The Kier molecular flexibility index (Phi) is 3.54. The molecule has 2 atom stereocenters. The molecule has 0 spiro atoms. The first-order chi connectivity index (χ1) is 7.84. The van der Waals surface area contributed by atoms with Gasteiger partial charge in [0.1, 0.15) is 0 Å². The minimum atomic E-state index is -0.0148. The van der Waals surface area contributed by atoms with Crippen molar-refractivity contribution in [1.29, 1.82) is 0 Å². The maximum atomic E-state index is 6.21. The van der Waals surface area contributed by atoms with Crippen molar-refractivity contribution < 1.29 is 4.74 Å². The van der Waals surface area contributed by atoms with E-state index in [4.69, 9.17) is 4.74 Å². The molecule has 0 amide bonds. The molecular weight excluding hydrogens is 212 g/mol. The Balaban J connectivity index is 2.06. The third-order valence-corrected chi connectivity index (χ3v) is 4.33. The van der Waals surface area contributed by atoms with Gasteiger partial charge in [-0.1, -0.05) is 0 Å². The van der Waals surface area contributed by atoms with E-state index in [1.165, 1.54) is 25.9 Å². The fraction of sp³-hybridized carbons (Fsp3) is 1.00. The van der Waals surface area contributed by atoms with Gasteiger partial charge >= 0.3 is 0 Å². The summed E-state index contributed by atoms with van der Waals surface area (Å²) in [5, 5.41) is 3.42. The van der Waals surface area contributed by atoms with Gasteiger partial charge in [0.2, 0.25) is 0 Å². The molecule has 17 heavy (non-hydrogen) atoms. The van der Waals surface area contributed by atoms with Crippen molar-refractivity contribution in [3.05, 3.63) is 0 Å². The van der Waals surface area contributed by atoms with Crippen molar-refractivity contribution in [2.24, 2.45) is 0 Å². The highest BCUT2D eigenvalue weighted by Crippen LogP contribution is 2.40. The van der Waals surface area contributed by atoms with E-state index in [2.05, 4.69) is 45.0 Å². The van der Waals surface area contributed by atoms with Crippen LogP contribution in [0.1, 0.15) is 47.0 Å². The first-order valence-electron chi connectivity index (χ1n) is 6.95. The Morgan fingerprint density at radius 3 is 2.47 bits per heavy atom. The highest BCUT2D eigenvalue weighted by atomic mass is 16.5. The standard InChI is InChI=1S/C14H28N2O/c1-13(2)9-12(14(3,4)17-13)16-8-6-7-11(10-16)15-5/h11-12,15H,6-10H2,1-5H3. The third-order valence-electron chi connectivity index (χ3n) is 4.33. The monoisotopic (exact) mass is 240 g/mol. The van der Waals surface area contributed by atoms with E-state index in [-0.39, 0.29) is 11.2 Å². The first kappa shape index (κ1) is 13.3. The van der Waals surface area contributed by atoms with Crippen molar-refractivity contribution in [1.82, 2.24) is 10.2 Å². The van der Waals surface area contributed by atoms with E-state index < -0.39 is 0 Å². The van der Waals surface area contributed by atoms with Crippen molar-refractivity contribution in [3.63, 3.8) is 0 Å². The third kappa shape index (κ3) is 2.83. The number of nitrogens with one attached hydrogen (secondary N) is 1. The Hall–Kier alpha value is -0.120. The molecule has 2 aliphatic rings.